The number of anilines is 1. The third kappa shape index (κ3) is 2.25. The molecule has 82 valence electrons. The van der Waals surface area contributed by atoms with Gasteiger partial charge in [-0.05, 0) is 18.6 Å². The van der Waals surface area contributed by atoms with Gasteiger partial charge in [-0.2, -0.15) is 0 Å². The van der Waals surface area contributed by atoms with Crippen molar-refractivity contribution in [3.05, 3.63) is 51.7 Å². The molecular formula is C11H12N4O. The Morgan fingerprint density at radius 3 is 2.75 bits per heavy atom. The molecule has 16 heavy (non-hydrogen) atoms. The predicted molar refractivity (Wildman–Crippen MR) is 61.1 cm³/mol. The molecule has 3 N–H and O–H groups in total. The van der Waals surface area contributed by atoms with E-state index < -0.39 is 0 Å². The van der Waals surface area contributed by atoms with Crippen LogP contribution in [0.4, 0.5) is 5.95 Å². The number of hydrogen-bond donors (Lipinski definition) is 2. The molecule has 0 aliphatic rings. The minimum Gasteiger partial charge on any atom is -0.369 e. The average molecular weight is 216 g/mol. The summed E-state index contributed by atoms with van der Waals surface area (Å²) in [5.41, 5.74) is 7.67. The van der Waals surface area contributed by atoms with Gasteiger partial charge >= 0.3 is 0 Å². The molecule has 5 nitrogen and oxygen atoms in total. The lowest BCUT2D eigenvalue weighted by Gasteiger charge is -2.01. The molecule has 2 aromatic rings. The number of H-pyrrole nitrogens is 1. The zero-order valence-corrected chi connectivity index (χ0v) is 8.90. The summed E-state index contributed by atoms with van der Waals surface area (Å²) in [6.45, 7) is 1.92. The van der Waals surface area contributed by atoms with Crippen molar-refractivity contribution >= 4 is 5.95 Å². The number of rotatable bonds is 2. The van der Waals surface area contributed by atoms with Crippen LogP contribution in [0.5, 0.6) is 0 Å². The van der Waals surface area contributed by atoms with Gasteiger partial charge < -0.3 is 5.73 Å². The first-order valence-electron chi connectivity index (χ1n) is 4.90. The summed E-state index contributed by atoms with van der Waals surface area (Å²) in [4.78, 5) is 22.0. The van der Waals surface area contributed by atoms with Gasteiger partial charge in [0.25, 0.3) is 5.56 Å². The Kier molecular flexibility index (Phi) is 2.68. The average Bonchev–Trinajstić information content (AvgIpc) is 2.25. The Hall–Kier alpha value is -2.17. The van der Waals surface area contributed by atoms with Crippen molar-refractivity contribution in [3.8, 4) is 0 Å². The van der Waals surface area contributed by atoms with Crippen molar-refractivity contribution < 1.29 is 0 Å². The number of aromatic amines is 1. The first-order valence-corrected chi connectivity index (χ1v) is 4.90. The predicted octanol–water partition coefficient (Wildman–Crippen LogP) is 0.646. The van der Waals surface area contributed by atoms with Crippen LogP contribution in [0.3, 0.4) is 0 Å². The zero-order valence-electron chi connectivity index (χ0n) is 8.90. The van der Waals surface area contributed by atoms with Gasteiger partial charge in [0, 0.05) is 30.1 Å². The first-order chi connectivity index (χ1) is 7.65. The molecule has 0 atom stereocenters. The summed E-state index contributed by atoms with van der Waals surface area (Å²) < 4.78 is 0. The summed E-state index contributed by atoms with van der Waals surface area (Å²) in [6.07, 6.45) is 3.76. The number of hydrogen-bond acceptors (Lipinski definition) is 4. The molecule has 0 radical (unpaired) electrons. The SMILES string of the molecule is Cc1ccc(Cc2cnc(N)[nH]c2=O)cn1. The van der Waals surface area contributed by atoms with Crippen LogP contribution in [0.2, 0.25) is 0 Å². The Morgan fingerprint density at radius 1 is 1.31 bits per heavy atom. The van der Waals surface area contributed by atoms with E-state index in [2.05, 4.69) is 15.0 Å². The van der Waals surface area contributed by atoms with E-state index in [-0.39, 0.29) is 11.5 Å². The van der Waals surface area contributed by atoms with E-state index in [0.29, 0.717) is 12.0 Å². The van der Waals surface area contributed by atoms with E-state index >= 15 is 0 Å². The monoisotopic (exact) mass is 216 g/mol. The van der Waals surface area contributed by atoms with Crippen molar-refractivity contribution in [2.45, 2.75) is 13.3 Å². The second-order valence-electron chi connectivity index (χ2n) is 3.61. The maximum atomic E-state index is 11.5. The summed E-state index contributed by atoms with van der Waals surface area (Å²) in [5.74, 6) is 0.135. The number of nitrogen functional groups attached to an aromatic ring is 1. The highest BCUT2D eigenvalue weighted by Gasteiger charge is 2.02. The highest BCUT2D eigenvalue weighted by Crippen LogP contribution is 2.04. The summed E-state index contributed by atoms with van der Waals surface area (Å²) in [6, 6.07) is 3.85. The third-order valence-corrected chi connectivity index (χ3v) is 2.26. The van der Waals surface area contributed by atoms with E-state index in [1.165, 1.54) is 6.20 Å². The molecule has 0 aliphatic heterocycles. The van der Waals surface area contributed by atoms with E-state index in [9.17, 15) is 4.79 Å². The maximum absolute atomic E-state index is 11.5. The largest absolute Gasteiger partial charge is 0.369 e. The van der Waals surface area contributed by atoms with Crippen LogP contribution in [0.25, 0.3) is 0 Å². The van der Waals surface area contributed by atoms with Crippen molar-refractivity contribution in [2.75, 3.05) is 5.73 Å². The fourth-order valence-electron chi connectivity index (χ4n) is 1.38. The fourth-order valence-corrected chi connectivity index (χ4v) is 1.38. The normalized spacial score (nSPS) is 10.3. The molecule has 0 aromatic carbocycles. The van der Waals surface area contributed by atoms with Gasteiger partial charge in [0.05, 0.1) is 0 Å². The summed E-state index contributed by atoms with van der Waals surface area (Å²) in [5, 5.41) is 0. The van der Waals surface area contributed by atoms with Crippen LogP contribution in [0.1, 0.15) is 16.8 Å². The van der Waals surface area contributed by atoms with Crippen LogP contribution < -0.4 is 11.3 Å². The van der Waals surface area contributed by atoms with E-state index in [1.54, 1.807) is 6.20 Å². The van der Waals surface area contributed by atoms with E-state index in [1.807, 2.05) is 19.1 Å². The third-order valence-electron chi connectivity index (χ3n) is 2.26. The maximum Gasteiger partial charge on any atom is 0.255 e. The van der Waals surface area contributed by atoms with Crippen LogP contribution in [0.15, 0.2) is 29.3 Å². The van der Waals surface area contributed by atoms with Gasteiger partial charge in [-0.15, -0.1) is 0 Å². The van der Waals surface area contributed by atoms with Gasteiger partial charge in [-0.1, -0.05) is 6.07 Å². The molecule has 0 fully saturated rings. The number of aromatic nitrogens is 3. The number of pyridine rings is 1. The molecule has 2 heterocycles. The minimum absolute atomic E-state index is 0.135. The highest BCUT2D eigenvalue weighted by molar-refractivity contribution is 5.24. The number of nitrogens with two attached hydrogens (primary N) is 1. The Balaban J connectivity index is 2.27. The molecule has 0 spiro atoms. The molecule has 5 heteroatoms. The summed E-state index contributed by atoms with van der Waals surface area (Å²) in [7, 11) is 0. The van der Waals surface area contributed by atoms with Crippen molar-refractivity contribution in [3.63, 3.8) is 0 Å². The molecule has 2 rings (SSSR count). The van der Waals surface area contributed by atoms with Crippen LogP contribution in [0, 0.1) is 6.92 Å². The lowest BCUT2D eigenvalue weighted by molar-refractivity contribution is 1.02. The smallest absolute Gasteiger partial charge is 0.255 e. The Labute approximate surface area is 92.4 Å². The second-order valence-corrected chi connectivity index (χ2v) is 3.61. The minimum atomic E-state index is -0.201. The molecule has 0 saturated carbocycles. The van der Waals surface area contributed by atoms with Crippen molar-refractivity contribution in [2.24, 2.45) is 0 Å². The lowest BCUT2D eigenvalue weighted by Crippen LogP contribution is -2.15. The molecule has 0 aliphatic carbocycles. The quantitative estimate of drug-likeness (QED) is 0.771. The molecule has 2 aromatic heterocycles. The van der Waals surface area contributed by atoms with Crippen LogP contribution >= 0.6 is 0 Å². The Morgan fingerprint density at radius 2 is 2.12 bits per heavy atom. The number of nitrogens with zero attached hydrogens (tertiary/aromatic N) is 2. The second kappa shape index (κ2) is 4.14. The van der Waals surface area contributed by atoms with Gasteiger partial charge in [-0.3, -0.25) is 14.8 Å². The van der Waals surface area contributed by atoms with Crippen LogP contribution in [-0.2, 0) is 6.42 Å². The van der Waals surface area contributed by atoms with Crippen molar-refractivity contribution in [1.82, 2.24) is 15.0 Å². The highest BCUT2D eigenvalue weighted by atomic mass is 16.1. The molecule has 0 bridgehead atoms. The van der Waals surface area contributed by atoms with Gasteiger partial charge in [-0.25, -0.2) is 4.98 Å². The number of aryl methyl sites for hydroxylation is 1. The topological polar surface area (TPSA) is 84.7 Å². The molecule has 0 saturated heterocycles. The van der Waals surface area contributed by atoms with Crippen LogP contribution in [-0.4, -0.2) is 15.0 Å². The molecular weight excluding hydrogens is 204 g/mol. The zero-order chi connectivity index (χ0) is 11.5. The molecule has 0 unspecified atom stereocenters. The standard InChI is InChI=1S/C11H12N4O/c1-7-2-3-8(5-13-7)4-9-6-14-11(12)15-10(9)16/h2-3,5-6H,4H2,1H3,(H3,12,14,15,16). The van der Waals surface area contributed by atoms with Gasteiger partial charge in [0.2, 0.25) is 0 Å². The summed E-state index contributed by atoms with van der Waals surface area (Å²) >= 11 is 0. The van der Waals surface area contributed by atoms with Crippen molar-refractivity contribution in [1.29, 1.82) is 0 Å². The molecule has 0 amide bonds. The fraction of sp³-hybridized carbons (Fsp3) is 0.182. The first kappa shape index (κ1) is 10.4. The van der Waals surface area contributed by atoms with Gasteiger partial charge in [0.15, 0.2) is 5.95 Å². The van der Waals surface area contributed by atoms with E-state index in [0.717, 1.165) is 11.3 Å². The Bertz CT molecular complexity index is 545. The lowest BCUT2D eigenvalue weighted by atomic mass is 10.1. The van der Waals surface area contributed by atoms with Gasteiger partial charge in [0.1, 0.15) is 0 Å². The van der Waals surface area contributed by atoms with E-state index in [4.69, 9.17) is 5.73 Å². The number of nitrogens with one attached hydrogen (secondary N) is 1.